The summed E-state index contributed by atoms with van der Waals surface area (Å²) in [4.78, 5) is 21.8. The van der Waals surface area contributed by atoms with Crippen LogP contribution >= 0.6 is 0 Å². The predicted molar refractivity (Wildman–Crippen MR) is 129 cm³/mol. The second-order valence-electron chi connectivity index (χ2n) is 8.08. The normalized spacial score (nSPS) is 10.8. The van der Waals surface area contributed by atoms with Gasteiger partial charge >= 0.3 is 0 Å². The molecular weight excluding hydrogens is 382 g/mol. The molecule has 1 heterocycles. The first kappa shape index (κ1) is 20.6. The summed E-state index contributed by atoms with van der Waals surface area (Å²) >= 11 is 0. The van der Waals surface area contributed by atoms with Crippen molar-refractivity contribution in [1.29, 1.82) is 0 Å². The number of aromatic nitrogens is 1. The van der Waals surface area contributed by atoms with Crippen LogP contribution in [0, 0.1) is 6.92 Å². The Morgan fingerprint density at radius 2 is 1.61 bits per heavy atom. The van der Waals surface area contributed by atoms with Crippen LogP contribution in [0.15, 0.2) is 85.2 Å². The van der Waals surface area contributed by atoms with E-state index in [-0.39, 0.29) is 5.91 Å². The van der Waals surface area contributed by atoms with Gasteiger partial charge in [-0.15, -0.1) is 0 Å². The van der Waals surface area contributed by atoms with Crippen molar-refractivity contribution in [2.24, 2.45) is 0 Å². The average molecular weight is 410 g/mol. The van der Waals surface area contributed by atoms with Gasteiger partial charge in [0.1, 0.15) is 0 Å². The van der Waals surface area contributed by atoms with E-state index in [1.807, 2.05) is 73.7 Å². The minimum Gasteiger partial charge on any atom is -0.378 e. The molecule has 0 radical (unpaired) electrons. The van der Waals surface area contributed by atoms with E-state index in [1.54, 1.807) is 6.20 Å². The van der Waals surface area contributed by atoms with Gasteiger partial charge in [0.25, 0.3) is 0 Å². The first-order valence-corrected chi connectivity index (χ1v) is 10.5. The highest BCUT2D eigenvalue weighted by molar-refractivity contribution is 5.97. The summed E-state index contributed by atoms with van der Waals surface area (Å²) in [6, 6.07) is 24.5. The molecule has 0 spiro atoms. The van der Waals surface area contributed by atoms with Crippen LogP contribution in [0.4, 0.5) is 11.4 Å². The first-order valence-electron chi connectivity index (χ1n) is 10.5. The Morgan fingerprint density at radius 1 is 0.871 bits per heavy atom. The van der Waals surface area contributed by atoms with Crippen LogP contribution in [0.3, 0.4) is 0 Å². The Hall–Kier alpha value is -3.66. The van der Waals surface area contributed by atoms with E-state index >= 15 is 0 Å². The van der Waals surface area contributed by atoms with Gasteiger partial charge in [-0.3, -0.25) is 9.78 Å². The maximum atomic E-state index is 13.6. The summed E-state index contributed by atoms with van der Waals surface area (Å²) in [6.07, 6.45) is 3.95. The van der Waals surface area contributed by atoms with Crippen LogP contribution in [0.25, 0.3) is 10.8 Å². The number of hydrogen-bond donors (Lipinski definition) is 0. The van der Waals surface area contributed by atoms with E-state index < -0.39 is 0 Å². The van der Waals surface area contributed by atoms with E-state index in [4.69, 9.17) is 0 Å². The third-order valence-electron chi connectivity index (χ3n) is 5.49. The van der Waals surface area contributed by atoms with Crippen LogP contribution in [0.2, 0.25) is 0 Å². The monoisotopic (exact) mass is 409 g/mol. The Morgan fingerprint density at radius 3 is 2.35 bits per heavy atom. The summed E-state index contributed by atoms with van der Waals surface area (Å²) in [5.74, 6) is 0.0530. The van der Waals surface area contributed by atoms with Crippen LogP contribution in [-0.2, 0) is 17.8 Å². The minimum atomic E-state index is 0.0530. The molecule has 4 aromatic rings. The molecule has 0 saturated heterocycles. The average Bonchev–Trinajstić information content (AvgIpc) is 2.78. The Kier molecular flexibility index (Phi) is 5.99. The van der Waals surface area contributed by atoms with Gasteiger partial charge in [0, 0.05) is 43.3 Å². The van der Waals surface area contributed by atoms with Gasteiger partial charge in [0.2, 0.25) is 5.91 Å². The first-order chi connectivity index (χ1) is 15.0. The molecule has 156 valence electrons. The molecule has 0 aliphatic carbocycles. The zero-order chi connectivity index (χ0) is 21.8. The van der Waals surface area contributed by atoms with E-state index in [1.165, 1.54) is 5.56 Å². The summed E-state index contributed by atoms with van der Waals surface area (Å²) in [5, 5.41) is 2.12. The maximum absolute atomic E-state index is 13.6. The maximum Gasteiger partial charge on any atom is 0.231 e. The number of nitrogens with zero attached hydrogens (tertiary/aromatic N) is 3. The third kappa shape index (κ3) is 4.75. The van der Waals surface area contributed by atoms with Gasteiger partial charge in [-0.25, -0.2) is 0 Å². The van der Waals surface area contributed by atoms with E-state index in [0.717, 1.165) is 33.3 Å². The number of pyridine rings is 1. The molecule has 31 heavy (non-hydrogen) atoms. The highest BCUT2D eigenvalue weighted by Gasteiger charge is 2.18. The summed E-state index contributed by atoms with van der Waals surface area (Å²) in [5.41, 5.74) is 5.24. The fourth-order valence-corrected chi connectivity index (χ4v) is 3.83. The van der Waals surface area contributed by atoms with Crippen LogP contribution < -0.4 is 9.80 Å². The molecule has 0 saturated carbocycles. The number of anilines is 2. The highest BCUT2D eigenvalue weighted by Crippen LogP contribution is 2.24. The van der Waals surface area contributed by atoms with Crippen LogP contribution in [0.5, 0.6) is 0 Å². The van der Waals surface area contributed by atoms with Crippen LogP contribution in [-0.4, -0.2) is 25.0 Å². The largest absolute Gasteiger partial charge is 0.378 e. The summed E-state index contributed by atoms with van der Waals surface area (Å²) < 4.78 is 0. The number of carbonyl (C=O) groups excluding carboxylic acids is 1. The number of carbonyl (C=O) groups is 1. The fourth-order valence-electron chi connectivity index (χ4n) is 3.83. The van der Waals surface area contributed by atoms with Crippen molar-refractivity contribution in [3.63, 3.8) is 0 Å². The lowest BCUT2D eigenvalue weighted by Crippen LogP contribution is -2.32. The van der Waals surface area contributed by atoms with Gasteiger partial charge in [0.15, 0.2) is 0 Å². The van der Waals surface area contributed by atoms with E-state index in [0.29, 0.717) is 13.0 Å². The van der Waals surface area contributed by atoms with Gasteiger partial charge in [-0.2, -0.15) is 0 Å². The van der Waals surface area contributed by atoms with E-state index in [9.17, 15) is 4.79 Å². The van der Waals surface area contributed by atoms with Crippen molar-refractivity contribution in [1.82, 2.24) is 4.98 Å². The van der Waals surface area contributed by atoms with E-state index in [2.05, 4.69) is 41.1 Å². The lowest BCUT2D eigenvalue weighted by atomic mass is 10.0. The number of rotatable bonds is 6. The zero-order valence-electron chi connectivity index (χ0n) is 18.2. The Bertz CT molecular complexity index is 1190. The number of hydrogen-bond acceptors (Lipinski definition) is 3. The molecule has 4 rings (SSSR count). The van der Waals surface area contributed by atoms with Crippen molar-refractivity contribution in [3.8, 4) is 0 Å². The van der Waals surface area contributed by atoms with Gasteiger partial charge < -0.3 is 9.80 Å². The molecule has 0 bridgehead atoms. The molecular formula is C27H27N3O. The van der Waals surface area contributed by atoms with Crippen molar-refractivity contribution >= 4 is 28.1 Å². The van der Waals surface area contributed by atoms with Crippen molar-refractivity contribution < 1.29 is 4.79 Å². The molecule has 0 unspecified atom stereocenters. The third-order valence-corrected chi connectivity index (χ3v) is 5.49. The van der Waals surface area contributed by atoms with Crippen LogP contribution in [0.1, 0.15) is 16.7 Å². The molecule has 3 aromatic carbocycles. The molecule has 0 N–H and O–H groups in total. The lowest BCUT2D eigenvalue weighted by molar-refractivity contribution is -0.118. The molecule has 1 amide bonds. The number of fused-ring (bicyclic) bond motifs is 1. The minimum absolute atomic E-state index is 0.0530. The topological polar surface area (TPSA) is 36.4 Å². The standard InChI is InChI=1S/C27H27N3O/c1-20-7-6-8-21(15-20)19-30(25-13-11-24(12-14-25)29(2)3)27(31)16-23-18-28-17-22-9-4-5-10-26(22)23/h4-15,17-18H,16,19H2,1-3H3. The number of benzene rings is 3. The van der Waals surface area contributed by atoms with Gasteiger partial charge in [-0.1, -0.05) is 54.1 Å². The predicted octanol–water partition coefficient (Wildman–Crippen LogP) is 5.39. The van der Waals surface area contributed by atoms with Gasteiger partial charge in [-0.05, 0) is 47.7 Å². The molecule has 0 atom stereocenters. The Balaban J connectivity index is 1.67. The van der Waals surface area contributed by atoms with Crippen molar-refractivity contribution in [2.45, 2.75) is 19.9 Å². The van der Waals surface area contributed by atoms with Gasteiger partial charge in [0.05, 0.1) is 13.0 Å². The molecule has 0 fully saturated rings. The summed E-state index contributed by atoms with van der Waals surface area (Å²) in [6.45, 7) is 2.60. The second kappa shape index (κ2) is 9.00. The second-order valence-corrected chi connectivity index (χ2v) is 8.08. The molecule has 4 nitrogen and oxygen atoms in total. The molecule has 0 aliphatic rings. The molecule has 0 aliphatic heterocycles. The SMILES string of the molecule is Cc1cccc(CN(C(=O)Cc2cncc3ccccc23)c2ccc(N(C)C)cc2)c1. The number of aryl methyl sites for hydroxylation is 1. The molecule has 1 aromatic heterocycles. The fraction of sp³-hybridized carbons (Fsp3) is 0.185. The zero-order valence-corrected chi connectivity index (χ0v) is 18.2. The van der Waals surface area contributed by atoms with Crippen molar-refractivity contribution in [2.75, 3.05) is 23.9 Å². The smallest absolute Gasteiger partial charge is 0.231 e. The quantitative estimate of drug-likeness (QED) is 0.429. The Labute approximate surface area is 183 Å². The lowest BCUT2D eigenvalue weighted by Gasteiger charge is -2.24. The molecule has 4 heteroatoms. The van der Waals surface area contributed by atoms with Crippen molar-refractivity contribution in [3.05, 3.63) is 102 Å². The number of amides is 1. The summed E-state index contributed by atoms with van der Waals surface area (Å²) in [7, 11) is 4.02. The highest BCUT2D eigenvalue weighted by atomic mass is 16.2.